The standard InChI is InChI=1S/C23H22N2O3/c1-14-5-10-20(16(3)11-14)22-17(4)12-15(2)13-21(22)24-23(26)18-6-8-19(9-7-18)25(27)28/h5-13H,1-4H3,(H,24,26). The van der Waals surface area contributed by atoms with Crippen LogP contribution in [0.3, 0.4) is 0 Å². The van der Waals surface area contributed by atoms with Crippen molar-refractivity contribution in [3.05, 3.63) is 92.5 Å². The summed E-state index contributed by atoms with van der Waals surface area (Å²) in [7, 11) is 0. The van der Waals surface area contributed by atoms with Crippen molar-refractivity contribution in [3.63, 3.8) is 0 Å². The van der Waals surface area contributed by atoms with Crippen LogP contribution < -0.4 is 5.32 Å². The summed E-state index contributed by atoms with van der Waals surface area (Å²) in [4.78, 5) is 23.1. The summed E-state index contributed by atoms with van der Waals surface area (Å²) in [6.45, 7) is 8.13. The highest BCUT2D eigenvalue weighted by Gasteiger charge is 2.16. The summed E-state index contributed by atoms with van der Waals surface area (Å²) >= 11 is 0. The number of nitrogens with zero attached hydrogens (tertiary/aromatic N) is 1. The van der Waals surface area contributed by atoms with Crippen molar-refractivity contribution >= 4 is 17.3 Å². The number of benzene rings is 3. The van der Waals surface area contributed by atoms with E-state index in [2.05, 4.69) is 43.4 Å². The van der Waals surface area contributed by atoms with E-state index in [0.717, 1.165) is 33.5 Å². The molecule has 5 heteroatoms. The van der Waals surface area contributed by atoms with Gasteiger partial charge >= 0.3 is 0 Å². The molecule has 1 N–H and O–H groups in total. The second kappa shape index (κ2) is 7.64. The monoisotopic (exact) mass is 374 g/mol. The molecule has 0 aliphatic carbocycles. The highest BCUT2D eigenvalue weighted by molar-refractivity contribution is 6.06. The molecule has 0 aliphatic rings. The average molecular weight is 374 g/mol. The fourth-order valence-electron chi connectivity index (χ4n) is 3.45. The molecule has 0 unspecified atom stereocenters. The molecule has 5 nitrogen and oxygen atoms in total. The lowest BCUT2D eigenvalue weighted by Crippen LogP contribution is -2.13. The van der Waals surface area contributed by atoms with Crippen LogP contribution in [-0.4, -0.2) is 10.8 Å². The van der Waals surface area contributed by atoms with Gasteiger partial charge in [0.05, 0.1) is 4.92 Å². The molecule has 3 rings (SSSR count). The van der Waals surface area contributed by atoms with Crippen LogP contribution in [0.15, 0.2) is 54.6 Å². The lowest BCUT2D eigenvalue weighted by molar-refractivity contribution is -0.384. The van der Waals surface area contributed by atoms with E-state index in [1.165, 1.54) is 29.8 Å². The smallest absolute Gasteiger partial charge is 0.269 e. The van der Waals surface area contributed by atoms with Crippen molar-refractivity contribution in [1.29, 1.82) is 0 Å². The number of non-ortho nitro benzene ring substituents is 1. The summed E-state index contributed by atoms with van der Waals surface area (Å²) in [6, 6.07) is 15.9. The number of nitrogens with one attached hydrogen (secondary N) is 1. The fraction of sp³-hybridized carbons (Fsp3) is 0.174. The number of amides is 1. The molecule has 3 aromatic rings. The van der Waals surface area contributed by atoms with Gasteiger partial charge in [0.15, 0.2) is 0 Å². The number of aryl methyl sites for hydroxylation is 4. The van der Waals surface area contributed by atoms with Crippen LogP contribution >= 0.6 is 0 Å². The van der Waals surface area contributed by atoms with E-state index < -0.39 is 4.92 Å². The molecule has 28 heavy (non-hydrogen) atoms. The SMILES string of the molecule is Cc1ccc(-c2c(C)cc(C)cc2NC(=O)c2ccc([N+](=O)[O-])cc2)c(C)c1. The molecule has 0 radical (unpaired) electrons. The molecule has 0 heterocycles. The maximum atomic E-state index is 12.8. The highest BCUT2D eigenvalue weighted by atomic mass is 16.6. The van der Waals surface area contributed by atoms with E-state index in [9.17, 15) is 14.9 Å². The number of carbonyl (C=O) groups is 1. The van der Waals surface area contributed by atoms with Gasteiger partial charge in [-0.25, -0.2) is 0 Å². The van der Waals surface area contributed by atoms with E-state index in [1.807, 2.05) is 19.9 Å². The Hall–Kier alpha value is -3.47. The van der Waals surface area contributed by atoms with Gasteiger partial charge in [-0.3, -0.25) is 14.9 Å². The number of carbonyl (C=O) groups excluding carboxylic acids is 1. The summed E-state index contributed by atoms with van der Waals surface area (Å²) in [6.07, 6.45) is 0. The third-order valence-corrected chi connectivity index (χ3v) is 4.72. The van der Waals surface area contributed by atoms with Gasteiger partial charge in [0.2, 0.25) is 0 Å². The van der Waals surface area contributed by atoms with Crippen molar-refractivity contribution < 1.29 is 9.72 Å². The van der Waals surface area contributed by atoms with Crippen LogP contribution in [0.1, 0.15) is 32.6 Å². The molecule has 142 valence electrons. The summed E-state index contributed by atoms with van der Waals surface area (Å²) in [5.74, 6) is -0.300. The molecule has 0 aliphatic heterocycles. The van der Waals surface area contributed by atoms with Gasteiger partial charge in [-0.05, 0) is 68.1 Å². The van der Waals surface area contributed by atoms with E-state index in [4.69, 9.17) is 0 Å². The van der Waals surface area contributed by atoms with Crippen molar-refractivity contribution in [2.24, 2.45) is 0 Å². The topological polar surface area (TPSA) is 72.2 Å². The summed E-state index contributed by atoms with van der Waals surface area (Å²) in [5.41, 5.74) is 7.56. The number of nitro benzene ring substituents is 1. The van der Waals surface area contributed by atoms with Gasteiger partial charge < -0.3 is 5.32 Å². The van der Waals surface area contributed by atoms with Gasteiger partial charge in [0.1, 0.15) is 0 Å². The predicted octanol–water partition coefficient (Wildman–Crippen LogP) is 5.75. The minimum Gasteiger partial charge on any atom is -0.321 e. The van der Waals surface area contributed by atoms with Gasteiger partial charge in [-0.2, -0.15) is 0 Å². The molecule has 3 aromatic carbocycles. The molecule has 1 amide bonds. The second-order valence-corrected chi connectivity index (χ2v) is 7.08. The molecular weight excluding hydrogens is 352 g/mol. The van der Waals surface area contributed by atoms with Crippen molar-refractivity contribution in [2.45, 2.75) is 27.7 Å². The first-order valence-electron chi connectivity index (χ1n) is 9.01. The Morgan fingerprint density at radius 3 is 2.11 bits per heavy atom. The number of hydrogen-bond donors (Lipinski definition) is 1. The minimum absolute atomic E-state index is 0.0427. The summed E-state index contributed by atoms with van der Waals surface area (Å²) in [5, 5.41) is 13.8. The first-order chi connectivity index (χ1) is 13.3. The molecule has 0 saturated carbocycles. The van der Waals surface area contributed by atoms with Gasteiger partial charge in [0.25, 0.3) is 11.6 Å². The van der Waals surface area contributed by atoms with Gasteiger partial charge in [0, 0.05) is 28.9 Å². The quantitative estimate of drug-likeness (QED) is 0.467. The molecule has 0 bridgehead atoms. The number of anilines is 1. The van der Waals surface area contributed by atoms with Crippen molar-refractivity contribution in [3.8, 4) is 11.1 Å². The zero-order chi connectivity index (χ0) is 20.4. The Labute approximate surface area is 164 Å². The van der Waals surface area contributed by atoms with E-state index in [0.29, 0.717) is 5.56 Å². The summed E-state index contributed by atoms with van der Waals surface area (Å²) < 4.78 is 0. The molecule has 0 fully saturated rings. The van der Waals surface area contributed by atoms with Gasteiger partial charge in [-0.15, -0.1) is 0 Å². The predicted molar refractivity (Wildman–Crippen MR) is 112 cm³/mol. The minimum atomic E-state index is -0.482. The zero-order valence-electron chi connectivity index (χ0n) is 16.4. The second-order valence-electron chi connectivity index (χ2n) is 7.08. The van der Waals surface area contributed by atoms with E-state index in [-0.39, 0.29) is 11.6 Å². The average Bonchev–Trinajstić information content (AvgIpc) is 2.62. The molecule has 0 spiro atoms. The van der Waals surface area contributed by atoms with Crippen LogP contribution in [0, 0.1) is 37.8 Å². The molecule has 0 atom stereocenters. The maximum absolute atomic E-state index is 12.8. The fourth-order valence-corrected chi connectivity index (χ4v) is 3.45. The van der Waals surface area contributed by atoms with Crippen LogP contribution in [0.4, 0.5) is 11.4 Å². The maximum Gasteiger partial charge on any atom is 0.269 e. The first-order valence-corrected chi connectivity index (χ1v) is 9.01. The lowest BCUT2D eigenvalue weighted by Gasteiger charge is -2.17. The number of nitro groups is 1. The third-order valence-electron chi connectivity index (χ3n) is 4.72. The Morgan fingerprint density at radius 1 is 0.857 bits per heavy atom. The van der Waals surface area contributed by atoms with Crippen molar-refractivity contribution in [1.82, 2.24) is 0 Å². The van der Waals surface area contributed by atoms with E-state index in [1.54, 1.807) is 0 Å². The largest absolute Gasteiger partial charge is 0.321 e. The normalized spacial score (nSPS) is 10.6. The number of hydrogen-bond acceptors (Lipinski definition) is 3. The third kappa shape index (κ3) is 3.93. The Kier molecular flexibility index (Phi) is 5.27. The van der Waals surface area contributed by atoms with Crippen LogP contribution in [0.2, 0.25) is 0 Å². The van der Waals surface area contributed by atoms with Crippen LogP contribution in [0.5, 0.6) is 0 Å². The van der Waals surface area contributed by atoms with Gasteiger partial charge in [-0.1, -0.05) is 29.8 Å². The number of rotatable bonds is 4. The molecule has 0 aromatic heterocycles. The first kappa shape index (κ1) is 19.3. The Balaban J connectivity index is 2.01. The van der Waals surface area contributed by atoms with Crippen LogP contribution in [-0.2, 0) is 0 Å². The zero-order valence-corrected chi connectivity index (χ0v) is 16.4. The molecular formula is C23H22N2O3. The van der Waals surface area contributed by atoms with Crippen molar-refractivity contribution in [2.75, 3.05) is 5.32 Å². The highest BCUT2D eigenvalue weighted by Crippen LogP contribution is 2.35. The van der Waals surface area contributed by atoms with Crippen LogP contribution in [0.25, 0.3) is 11.1 Å². The Bertz CT molecular complexity index is 1070. The lowest BCUT2D eigenvalue weighted by atomic mass is 9.92. The Morgan fingerprint density at radius 2 is 1.50 bits per heavy atom. The molecule has 0 saturated heterocycles. The van der Waals surface area contributed by atoms with E-state index >= 15 is 0 Å².